The van der Waals surface area contributed by atoms with E-state index in [1.807, 2.05) is 48.5 Å². The average Bonchev–Trinajstić information content (AvgIpc) is 2.70. The normalized spacial score (nSPS) is 19.2. The molecule has 0 aliphatic carbocycles. The Morgan fingerprint density at radius 3 is 2.08 bits per heavy atom. The lowest BCUT2D eigenvalue weighted by atomic mass is 9.97. The molecule has 0 bridgehead atoms. The van der Waals surface area contributed by atoms with Gasteiger partial charge in [0, 0.05) is 30.9 Å². The highest BCUT2D eigenvalue weighted by molar-refractivity contribution is 6.04. The van der Waals surface area contributed by atoms with Gasteiger partial charge in [-0.25, -0.2) is 0 Å². The number of nitrogens with zero attached hydrogens (tertiary/aromatic N) is 1. The fourth-order valence-electron chi connectivity index (χ4n) is 2.79. The van der Waals surface area contributed by atoms with E-state index in [9.17, 15) is 14.4 Å². The largest absolute Gasteiger partial charge is 0.465 e. The van der Waals surface area contributed by atoms with Crippen LogP contribution in [-0.2, 0) is 23.9 Å². The van der Waals surface area contributed by atoms with Gasteiger partial charge >= 0.3 is 5.97 Å². The summed E-state index contributed by atoms with van der Waals surface area (Å²) in [7, 11) is 0. The highest BCUT2D eigenvalue weighted by atomic mass is 16.5. The molecule has 150 valence electrons. The highest BCUT2D eigenvalue weighted by Gasteiger charge is 2.43. The molecule has 1 rings (SSSR count). The van der Waals surface area contributed by atoms with Gasteiger partial charge in [0.05, 0.1) is 17.6 Å². The van der Waals surface area contributed by atoms with Crippen LogP contribution in [0.15, 0.2) is 0 Å². The fourth-order valence-corrected chi connectivity index (χ4v) is 2.79. The zero-order valence-corrected chi connectivity index (χ0v) is 17.6. The summed E-state index contributed by atoms with van der Waals surface area (Å²) in [5.41, 5.74) is -1.55. The van der Waals surface area contributed by atoms with E-state index in [1.54, 1.807) is 6.92 Å². The van der Waals surface area contributed by atoms with Crippen molar-refractivity contribution in [2.24, 2.45) is 11.3 Å². The van der Waals surface area contributed by atoms with Gasteiger partial charge in [-0.2, -0.15) is 0 Å². The Morgan fingerprint density at radius 2 is 1.62 bits per heavy atom. The van der Waals surface area contributed by atoms with E-state index in [4.69, 9.17) is 9.47 Å². The minimum absolute atomic E-state index is 0.103. The van der Waals surface area contributed by atoms with Crippen LogP contribution in [0.3, 0.4) is 0 Å². The van der Waals surface area contributed by atoms with Crippen LogP contribution in [0.25, 0.3) is 0 Å². The molecule has 0 spiro atoms. The van der Waals surface area contributed by atoms with Crippen LogP contribution in [0.1, 0.15) is 74.7 Å². The van der Waals surface area contributed by atoms with Gasteiger partial charge in [0.25, 0.3) is 0 Å². The van der Waals surface area contributed by atoms with Gasteiger partial charge in [0.1, 0.15) is 0 Å². The van der Waals surface area contributed by atoms with Crippen molar-refractivity contribution in [2.75, 3.05) is 13.2 Å². The predicted molar refractivity (Wildman–Crippen MR) is 99.4 cm³/mol. The third-order valence-corrected chi connectivity index (χ3v) is 4.73. The molecule has 1 fully saturated rings. The monoisotopic (exact) mass is 369 g/mol. The number of carbonyl (C=O) groups is 3. The van der Waals surface area contributed by atoms with Crippen LogP contribution >= 0.6 is 0 Å². The zero-order valence-electron chi connectivity index (χ0n) is 17.6. The topological polar surface area (TPSA) is 72.9 Å². The second-order valence-electron chi connectivity index (χ2n) is 9.48. The molecule has 1 unspecified atom stereocenters. The molecule has 6 heteroatoms. The predicted octanol–water partition coefficient (Wildman–Crippen LogP) is 3.32. The molecule has 6 nitrogen and oxygen atoms in total. The van der Waals surface area contributed by atoms with Crippen molar-refractivity contribution in [2.45, 2.75) is 85.8 Å². The van der Waals surface area contributed by atoms with E-state index < -0.39 is 16.6 Å². The lowest BCUT2D eigenvalue weighted by Crippen LogP contribution is -2.48. The summed E-state index contributed by atoms with van der Waals surface area (Å²) in [5, 5.41) is 0. The van der Waals surface area contributed by atoms with Crippen LogP contribution in [0.5, 0.6) is 0 Å². The molecule has 1 aliphatic rings. The Morgan fingerprint density at radius 1 is 1.04 bits per heavy atom. The minimum atomic E-state index is -0.576. The summed E-state index contributed by atoms with van der Waals surface area (Å²) in [5.74, 6) is -0.680. The van der Waals surface area contributed by atoms with Crippen molar-refractivity contribution >= 4 is 17.8 Å². The number of ether oxygens (including phenoxy) is 2. The third kappa shape index (κ3) is 6.08. The minimum Gasteiger partial charge on any atom is -0.465 e. The molecule has 0 aromatic rings. The molecule has 1 saturated heterocycles. The van der Waals surface area contributed by atoms with E-state index in [-0.39, 0.29) is 30.1 Å². The summed E-state index contributed by atoms with van der Waals surface area (Å²) >= 11 is 0. The number of imide groups is 1. The number of rotatable bonds is 8. The van der Waals surface area contributed by atoms with Crippen molar-refractivity contribution < 1.29 is 23.9 Å². The lowest BCUT2D eigenvalue weighted by molar-refractivity contribution is -0.154. The molecular formula is C20H35NO5. The maximum Gasteiger partial charge on any atom is 0.311 e. The molecule has 0 saturated carbocycles. The molecule has 1 aliphatic heterocycles. The van der Waals surface area contributed by atoms with E-state index in [2.05, 4.69) is 0 Å². The molecule has 0 radical (unpaired) electrons. The third-order valence-electron chi connectivity index (χ3n) is 4.73. The average molecular weight is 370 g/mol. The smallest absolute Gasteiger partial charge is 0.311 e. The number of esters is 1. The second-order valence-corrected chi connectivity index (χ2v) is 9.48. The second kappa shape index (κ2) is 8.07. The van der Waals surface area contributed by atoms with E-state index in [0.717, 1.165) is 0 Å². The van der Waals surface area contributed by atoms with Crippen LogP contribution < -0.4 is 0 Å². The highest BCUT2D eigenvalue weighted by Crippen LogP contribution is 2.30. The van der Waals surface area contributed by atoms with Gasteiger partial charge < -0.3 is 9.47 Å². The SMILES string of the molecule is CC1CC(=O)N(C(C)(C)CCOC(C)(C)CCOC(=O)C(C)(C)C)C1=O. The maximum atomic E-state index is 12.2. The molecule has 26 heavy (non-hydrogen) atoms. The van der Waals surface area contributed by atoms with Crippen molar-refractivity contribution in [1.82, 2.24) is 4.90 Å². The van der Waals surface area contributed by atoms with Crippen LogP contribution in [0.2, 0.25) is 0 Å². The van der Waals surface area contributed by atoms with Gasteiger partial charge in [0.2, 0.25) is 11.8 Å². The quantitative estimate of drug-likeness (QED) is 0.485. The Labute approximate surface area is 157 Å². The van der Waals surface area contributed by atoms with Gasteiger partial charge in [-0.3, -0.25) is 19.3 Å². The van der Waals surface area contributed by atoms with Crippen molar-refractivity contribution in [1.29, 1.82) is 0 Å². The molecule has 2 amide bonds. The van der Waals surface area contributed by atoms with Crippen molar-refractivity contribution in [3.8, 4) is 0 Å². The molecule has 1 atom stereocenters. The van der Waals surface area contributed by atoms with E-state index in [0.29, 0.717) is 26.1 Å². The van der Waals surface area contributed by atoms with Gasteiger partial charge in [-0.05, 0) is 54.9 Å². The van der Waals surface area contributed by atoms with Crippen LogP contribution in [0, 0.1) is 11.3 Å². The van der Waals surface area contributed by atoms with Crippen LogP contribution in [-0.4, -0.2) is 47.0 Å². The first-order valence-electron chi connectivity index (χ1n) is 9.35. The first kappa shape index (κ1) is 22.6. The molecule has 0 N–H and O–H groups in total. The standard InChI is InChI=1S/C20H35NO5/c1-14-13-15(22)21(16(14)23)19(5,6)9-12-26-20(7,8)10-11-25-17(24)18(2,3)4/h14H,9-13H2,1-8H3. The first-order chi connectivity index (χ1) is 11.7. The Kier molecular flexibility index (Phi) is 7.02. The lowest BCUT2D eigenvalue weighted by Gasteiger charge is -2.35. The zero-order chi connectivity index (χ0) is 20.3. The fraction of sp³-hybridized carbons (Fsp3) is 0.850. The number of likely N-dealkylation sites (tertiary alicyclic amines) is 1. The molecule has 0 aromatic carbocycles. The Balaban J connectivity index is 2.46. The summed E-state index contributed by atoms with van der Waals surface area (Å²) in [6.07, 6.45) is 1.42. The van der Waals surface area contributed by atoms with E-state index >= 15 is 0 Å². The van der Waals surface area contributed by atoms with Crippen LogP contribution in [0.4, 0.5) is 0 Å². The van der Waals surface area contributed by atoms with Gasteiger partial charge in [0.15, 0.2) is 0 Å². The molecular weight excluding hydrogens is 334 g/mol. The number of carbonyl (C=O) groups excluding carboxylic acids is 3. The van der Waals surface area contributed by atoms with E-state index in [1.165, 1.54) is 4.90 Å². The van der Waals surface area contributed by atoms with Gasteiger partial charge in [-0.15, -0.1) is 0 Å². The summed E-state index contributed by atoms with van der Waals surface area (Å²) in [4.78, 5) is 37.5. The Hall–Kier alpha value is -1.43. The summed E-state index contributed by atoms with van der Waals surface area (Å²) in [6.45, 7) is 15.6. The molecule has 0 aromatic heterocycles. The van der Waals surface area contributed by atoms with Crippen molar-refractivity contribution in [3.05, 3.63) is 0 Å². The Bertz CT molecular complexity index is 545. The number of hydrogen-bond acceptors (Lipinski definition) is 5. The number of amides is 2. The summed E-state index contributed by atoms with van der Waals surface area (Å²) in [6, 6.07) is 0. The van der Waals surface area contributed by atoms with Crippen molar-refractivity contribution in [3.63, 3.8) is 0 Å². The number of hydrogen-bond donors (Lipinski definition) is 0. The first-order valence-corrected chi connectivity index (χ1v) is 9.35. The van der Waals surface area contributed by atoms with Gasteiger partial charge in [-0.1, -0.05) is 6.92 Å². The molecule has 1 heterocycles. The summed E-state index contributed by atoms with van der Waals surface area (Å²) < 4.78 is 11.2. The maximum absolute atomic E-state index is 12.2.